The van der Waals surface area contributed by atoms with Crippen LogP contribution in [-0.4, -0.2) is 74.7 Å². The molecule has 10 heteroatoms. The summed E-state index contributed by atoms with van der Waals surface area (Å²) in [5.41, 5.74) is 0. The van der Waals surface area contributed by atoms with Gasteiger partial charge in [-0.1, -0.05) is 148 Å². The number of esters is 1. The second kappa shape index (κ2) is 36.8. The molecule has 0 rings (SSSR count). The zero-order chi connectivity index (χ0) is 40.0. The van der Waals surface area contributed by atoms with Crippen LogP contribution in [0.2, 0.25) is 0 Å². The quantitative estimate of drug-likeness (QED) is 0.0124. The number of quaternary nitrogens is 1. The molecule has 0 radical (unpaired) electrons. The number of hydrogen-bond acceptors (Lipinski definition) is 7. The number of phosphoric acid groups is 1. The third-order valence-electron chi connectivity index (χ3n) is 9.27. The van der Waals surface area contributed by atoms with E-state index < -0.39 is 13.9 Å². The van der Waals surface area contributed by atoms with E-state index in [4.69, 9.17) is 18.5 Å². The van der Waals surface area contributed by atoms with Gasteiger partial charge in [-0.05, 0) is 50.7 Å². The number of allylic oxidation sites excluding steroid dienone is 5. The number of rotatable bonds is 40. The molecule has 54 heavy (non-hydrogen) atoms. The summed E-state index contributed by atoms with van der Waals surface area (Å²) in [5, 5.41) is 0. The van der Waals surface area contributed by atoms with E-state index >= 15 is 0 Å². The molecule has 0 saturated carbocycles. The van der Waals surface area contributed by atoms with Gasteiger partial charge in [-0.3, -0.25) is 18.6 Å². The van der Waals surface area contributed by atoms with Gasteiger partial charge in [0, 0.05) is 12.8 Å². The number of carbonyl (C=O) groups is 2. The molecule has 316 valence electrons. The third-order valence-corrected chi connectivity index (χ3v) is 10.3. The van der Waals surface area contributed by atoms with Gasteiger partial charge in [0.2, 0.25) is 0 Å². The first-order valence-electron chi connectivity index (χ1n) is 21.7. The molecular formula is C44H83NO8P+. The van der Waals surface area contributed by atoms with Crippen LogP contribution >= 0.6 is 7.82 Å². The van der Waals surface area contributed by atoms with Crippen molar-refractivity contribution in [1.82, 2.24) is 0 Å². The average Bonchev–Trinajstić information content (AvgIpc) is 3.12. The Kier molecular flexibility index (Phi) is 35.6. The lowest BCUT2D eigenvalue weighted by Gasteiger charge is -2.24. The van der Waals surface area contributed by atoms with E-state index in [-0.39, 0.29) is 38.0 Å². The minimum Gasteiger partial charge on any atom is -0.492 e. The maximum Gasteiger partial charge on any atom is 0.472 e. The summed E-state index contributed by atoms with van der Waals surface area (Å²) in [6, 6.07) is 0. The Morgan fingerprint density at radius 1 is 0.630 bits per heavy atom. The molecule has 0 amide bonds. The average molecular weight is 785 g/mol. The number of likely N-dealkylation sites (N-methyl/N-ethyl adjacent to an activating group) is 1. The van der Waals surface area contributed by atoms with Crippen molar-refractivity contribution >= 4 is 19.6 Å². The number of ether oxygens (including phenoxy) is 2. The third kappa shape index (κ3) is 39.9. The van der Waals surface area contributed by atoms with Crippen molar-refractivity contribution < 1.29 is 42.1 Å². The summed E-state index contributed by atoms with van der Waals surface area (Å²) in [5.74, 6) is -0.195. The Balaban J connectivity index is 4.37. The molecule has 0 aromatic carbocycles. The van der Waals surface area contributed by atoms with Crippen LogP contribution in [0.25, 0.3) is 0 Å². The summed E-state index contributed by atoms with van der Waals surface area (Å²) >= 11 is 0. The SMILES string of the molecule is CCCCC/C=C\C=C\C(=O)CCCCCCCC(=O)OC[C@H](COP(=O)(O)OCC[N+](C)(C)C)O/C=C/CCCCCCCCCCCCCCCC. The van der Waals surface area contributed by atoms with Gasteiger partial charge in [0.1, 0.15) is 19.8 Å². The highest BCUT2D eigenvalue weighted by Crippen LogP contribution is 2.43. The number of carbonyl (C=O) groups excluding carboxylic acids is 2. The molecule has 0 aromatic heterocycles. The zero-order valence-corrected chi connectivity index (χ0v) is 36.3. The maximum absolute atomic E-state index is 12.5. The summed E-state index contributed by atoms with van der Waals surface area (Å²) in [6.45, 7) is 4.72. The van der Waals surface area contributed by atoms with Gasteiger partial charge in [0.15, 0.2) is 11.9 Å². The standard InChI is InChI=1S/C44H82NO8P/c1-6-8-10-12-14-15-16-17-18-19-20-21-22-24-29-33-38-50-43(41-53-54(48,49)52-39-37-45(3,4)5)40-51-44(47)36-32-28-25-27-31-35-42(46)34-30-26-23-13-11-9-7-2/h23,26,30,33-34,38,43H,6-22,24-25,27-29,31-32,35-37,39-41H2,1-5H3/p+1/b26-23-,34-30+,38-33+/t43-/m1/s1. The fraction of sp³-hybridized carbons (Fsp3) is 0.818. The van der Waals surface area contributed by atoms with E-state index in [1.54, 1.807) is 12.3 Å². The number of ketones is 1. The molecule has 0 aliphatic heterocycles. The van der Waals surface area contributed by atoms with E-state index in [0.29, 0.717) is 23.9 Å². The number of hydrogen-bond donors (Lipinski definition) is 1. The largest absolute Gasteiger partial charge is 0.492 e. The fourth-order valence-electron chi connectivity index (χ4n) is 5.75. The molecule has 0 fully saturated rings. The van der Waals surface area contributed by atoms with Crippen LogP contribution in [0.4, 0.5) is 0 Å². The summed E-state index contributed by atoms with van der Waals surface area (Å²) < 4.78 is 34.7. The van der Waals surface area contributed by atoms with Crippen LogP contribution in [0, 0.1) is 0 Å². The molecule has 0 aliphatic rings. The Morgan fingerprint density at radius 3 is 1.72 bits per heavy atom. The Labute approximate surface area is 331 Å². The van der Waals surface area contributed by atoms with Crippen molar-refractivity contribution in [3.63, 3.8) is 0 Å². The van der Waals surface area contributed by atoms with Crippen LogP contribution in [-0.2, 0) is 32.7 Å². The lowest BCUT2D eigenvalue weighted by Crippen LogP contribution is -2.37. The van der Waals surface area contributed by atoms with Crippen LogP contribution in [0.15, 0.2) is 36.6 Å². The van der Waals surface area contributed by atoms with Crippen LogP contribution in [0.5, 0.6) is 0 Å². The lowest BCUT2D eigenvalue weighted by atomic mass is 10.0. The monoisotopic (exact) mass is 785 g/mol. The van der Waals surface area contributed by atoms with Crippen molar-refractivity contribution in [2.75, 3.05) is 47.5 Å². The Morgan fingerprint density at radius 2 is 1.13 bits per heavy atom. The van der Waals surface area contributed by atoms with Crippen molar-refractivity contribution in [2.45, 2.75) is 187 Å². The van der Waals surface area contributed by atoms with Crippen LogP contribution in [0.3, 0.4) is 0 Å². The van der Waals surface area contributed by atoms with Crippen LogP contribution in [0.1, 0.15) is 181 Å². The number of unbranched alkanes of at least 4 members (excludes halogenated alkanes) is 21. The molecule has 0 heterocycles. The summed E-state index contributed by atoms with van der Waals surface area (Å²) in [4.78, 5) is 34.7. The highest BCUT2D eigenvalue weighted by molar-refractivity contribution is 7.47. The minimum atomic E-state index is -4.29. The van der Waals surface area contributed by atoms with Gasteiger partial charge < -0.3 is 18.9 Å². The predicted molar refractivity (Wildman–Crippen MR) is 224 cm³/mol. The molecule has 9 nitrogen and oxygen atoms in total. The maximum atomic E-state index is 12.5. The van der Waals surface area contributed by atoms with E-state index in [9.17, 15) is 19.0 Å². The first kappa shape index (κ1) is 52.2. The van der Waals surface area contributed by atoms with E-state index in [1.165, 1.54) is 103 Å². The van der Waals surface area contributed by atoms with Crippen molar-refractivity contribution in [2.24, 2.45) is 0 Å². The van der Waals surface area contributed by atoms with E-state index in [0.717, 1.165) is 44.9 Å². The summed E-state index contributed by atoms with van der Waals surface area (Å²) in [7, 11) is 1.61. The fourth-order valence-corrected chi connectivity index (χ4v) is 6.49. The van der Waals surface area contributed by atoms with Crippen molar-refractivity contribution in [1.29, 1.82) is 0 Å². The second-order valence-electron chi connectivity index (χ2n) is 15.8. The molecule has 0 aliphatic carbocycles. The van der Waals surface area contributed by atoms with Crippen molar-refractivity contribution in [3.05, 3.63) is 36.6 Å². The molecule has 0 spiro atoms. The molecule has 0 aromatic rings. The molecule has 0 saturated heterocycles. The normalized spacial score (nSPS) is 14.0. The number of nitrogens with zero attached hydrogens (tertiary/aromatic N) is 1. The van der Waals surface area contributed by atoms with Gasteiger partial charge in [0.25, 0.3) is 0 Å². The summed E-state index contributed by atoms with van der Waals surface area (Å²) in [6.07, 6.45) is 39.5. The van der Waals surface area contributed by atoms with Gasteiger partial charge >= 0.3 is 13.8 Å². The van der Waals surface area contributed by atoms with Gasteiger partial charge in [-0.25, -0.2) is 4.57 Å². The molecule has 1 unspecified atom stereocenters. The van der Waals surface area contributed by atoms with Gasteiger partial charge in [0.05, 0.1) is 34.0 Å². The molecule has 0 bridgehead atoms. The molecule has 1 N–H and O–H groups in total. The lowest BCUT2D eigenvalue weighted by molar-refractivity contribution is -0.870. The predicted octanol–water partition coefficient (Wildman–Crippen LogP) is 12.1. The first-order valence-corrected chi connectivity index (χ1v) is 23.2. The van der Waals surface area contributed by atoms with Crippen LogP contribution < -0.4 is 0 Å². The van der Waals surface area contributed by atoms with E-state index in [2.05, 4.69) is 19.9 Å². The van der Waals surface area contributed by atoms with E-state index in [1.807, 2.05) is 39.4 Å². The minimum absolute atomic E-state index is 0.0705. The highest BCUT2D eigenvalue weighted by Gasteiger charge is 2.25. The second-order valence-corrected chi connectivity index (χ2v) is 17.3. The van der Waals surface area contributed by atoms with Gasteiger partial charge in [-0.2, -0.15) is 0 Å². The Hall–Kier alpha value is -1.77. The molecular weight excluding hydrogens is 701 g/mol. The smallest absolute Gasteiger partial charge is 0.472 e. The number of phosphoric ester groups is 1. The topological polar surface area (TPSA) is 108 Å². The highest BCUT2D eigenvalue weighted by atomic mass is 31.2. The first-order chi connectivity index (χ1) is 26.0. The Bertz CT molecular complexity index is 1020. The van der Waals surface area contributed by atoms with Gasteiger partial charge in [-0.15, -0.1) is 0 Å². The molecule has 2 atom stereocenters. The zero-order valence-electron chi connectivity index (χ0n) is 35.5. The van der Waals surface area contributed by atoms with Crippen molar-refractivity contribution in [3.8, 4) is 0 Å².